The zero-order chi connectivity index (χ0) is 14.0. The van der Waals surface area contributed by atoms with E-state index in [4.69, 9.17) is 5.73 Å². The van der Waals surface area contributed by atoms with Crippen LogP contribution in [0.25, 0.3) is 0 Å². The van der Waals surface area contributed by atoms with E-state index in [0.717, 1.165) is 18.4 Å². The SMILES string of the molecule is Cc1cccc(S(=O)(=O)N2CCC(C)CC2CN)c1. The molecule has 106 valence electrons. The maximum Gasteiger partial charge on any atom is 0.243 e. The summed E-state index contributed by atoms with van der Waals surface area (Å²) in [4.78, 5) is 0.375. The molecule has 2 atom stereocenters. The van der Waals surface area contributed by atoms with Crippen molar-refractivity contribution in [2.45, 2.75) is 37.6 Å². The van der Waals surface area contributed by atoms with Crippen molar-refractivity contribution >= 4 is 10.0 Å². The molecule has 0 spiro atoms. The van der Waals surface area contributed by atoms with Crippen molar-refractivity contribution in [2.75, 3.05) is 13.1 Å². The van der Waals surface area contributed by atoms with Gasteiger partial charge < -0.3 is 5.73 Å². The number of nitrogens with two attached hydrogens (primary N) is 1. The van der Waals surface area contributed by atoms with Crippen LogP contribution in [0.3, 0.4) is 0 Å². The molecule has 4 nitrogen and oxygen atoms in total. The Bertz CT molecular complexity index is 542. The first-order valence-corrected chi connectivity index (χ1v) is 8.17. The molecule has 5 heteroatoms. The minimum atomic E-state index is -3.42. The zero-order valence-electron chi connectivity index (χ0n) is 11.5. The van der Waals surface area contributed by atoms with Gasteiger partial charge in [0.2, 0.25) is 10.0 Å². The second-order valence-corrected chi connectivity index (χ2v) is 7.34. The summed E-state index contributed by atoms with van der Waals surface area (Å²) in [5, 5.41) is 0. The Morgan fingerprint density at radius 1 is 1.42 bits per heavy atom. The molecule has 0 amide bonds. The summed E-state index contributed by atoms with van der Waals surface area (Å²) in [6.45, 7) is 5.01. The average molecular weight is 282 g/mol. The van der Waals surface area contributed by atoms with E-state index in [1.165, 1.54) is 0 Å². The summed E-state index contributed by atoms with van der Waals surface area (Å²) in [6, 6.07) is 6.99. The van der Waals surface area contributed by atoms with Crippen LogP contribution in [-0.2, 0) is 10.0 Å². The van der Waals surface area contributed by atoms with Gasteiger partial charge in [0.1, 0.15) is 0 Å². The van der Waals surface area contributed by atoms with Gasteiger partial charge in [-0.1, -0.05) is 19.1 Å². The van der Waals surface area contributed by atoms with Crippen LogP contribution in [0.2, 0.25) is 0 Å². The number of sulfonamides is 1. The number of benzene rings is 1. The third-order valence-corrected chi connectivity index (χ3v) is 5.74. The first-order valence-electron chi connectivity index (χ1n) is 6.73. The standard InChI is InChI=1S/C14H22N2O2S/c1-11-4-3-5-14(9-11)19(17,18)16-7-6-12(2)8-13(16)10-15/h3-5,9,12-13H,6-8,10,15H2,1-2H3. The highest BCUT2D eigenvalue weighted by Gasteiger charge is 2.34. The van der Waals surface area contributed by atoms with Gasteiger partial charge in [0, 0.05) is 19.1 Å². The van der Waals surface area contributed by atoms with Crippen LogP contribution in [0.4, 0.5) is 0 Å². The fraction of sp³-hybridized carbons (Fsp3) is 0.571. The van der Waals surface area contributed by atoms with Crippen molar-refractivity contribution < 1.29 is 8.42 Å². The lowest BCUT2D eigenvalue weighted by Gasteiger charge is -2.36. The normalized spacial score (nSPS) is 25.4. The van der Waals surface area contributed by atoms with E-state index >= 15 is 0 Å². The lowest BCUT2D eigenvalue weighted by molar-refractivity contribution is 0.211. The van der Waals surface area contributed by atoms with Crippen LogP contribution in [0.5, 0.6) is 0 Å². The molecule has 1 aliphatic heterocycles. The highest BCUT2D eigenvalue weighted by atomic mass is 32.2. The number of piperidine rings is 1. The Balaban J connectivity index is 2.33. The van der Waals surface area contributed by atoms with Crippen LogP contribution in [0.1, 0.15) is 25.3 Å². The van der Waals surface area contributed by atoms with Gasteiger partial charge in [0.05, 0.1) is 4.90 Å². The van der Waals surface area contributed by atoms with Gasteiger partial charge in [-0.2, -0.15) is 4.31 Å². The molecule has 1 saturated heterocycles. The van der Waals surface area contributed by atoms with Crippen LogP contribution in [0.15, 0.2) is 29.2 Å². The van der Waals surface area contributed by atoms with Crippen molar-refractivity contribution in [1.82, 2.24) is 4.31 Å². The number of hydrogen-bond acceptors (Lipinski definition) is 3. The highest BCUT2D eigenvalue weighted by molar-refractivity contribution is 7.89. The summed E-state index contributed by atoms with van der Waals surface area (Å²) in [5.41, 5.74) is 6.71. The molecule has 2 rings (SSSR count). The lowest BCUT2D eigenvalue weighted by atomic mass is 9.94. The Hall–Kier alpha value is -0.910. The molecule has 19 heavy (non-hydrogen) atoms. The van der Waals surface area contributed by atoms with E-state index in [1.807, 2.05) is 13.0 Å². The minimum Gasteiger partial charge on any atom is -0.329 e. The number of rotatable bonds is 3. The molecule has 1 aliphatic rings. The van der Waals surface area contributed by atoms with Crippen LogP contribution in [-0.4, -0.2) is 31.9 Å². The molecule has 0 aliphatic carbocycles. The quantitative estimate of drug-likeness (QED) is 0.918. The summed E-state index contributed by atoms with van der Waals surface area (Å²) < 4.78 is 27.0. The average Bonchev–Trinajstić information content (AvgIpc) is 2.38. The number of hydrogen-bond donors (Lipinski definition) is 1. The van der Waals surface area contributed by atoms with Crippen LogP contribution in [0, 0.1) is 12.8 Å². The summed E-state index contributed by atoms with van der Waals surface area (Å²) >= 11 is 0. The molecule has 1 fully saturated rings. The van der Waals surface area contributed by atoms with Crippen molar-refractivity contribution in [3.63, 3.8) is 0 Å². The fourth-order valence-electron chi connectivity index (χ4n) is 2.67. The van der Waals surface area contributed by atoms with Gasteiger partial charge in [-0.05, 0) is 43.4 Å². The predicted molar refractivity (Wildman–Crippen MR) is 76.3 cm³/mol. The van der Waals surface area contributed by atoms with Crippen molar-refractivity contribution in [1.29, 1.82) is 0 Å². The van der Waals surface area contributed by atoms with Gasteiger partial charge in [-0.15, -0.1) is 0 Å². The molecule has 0 aromatic heterocycles. The van der Waals surface area contributed by atoms with Crippen molar-refractivity contribution in [3.05, 3.63) is 29.8 Å². The fourth-order valence-corrected chi connectivity index (χ4v) is 4.44. The summed E-state index contributed by atoms with van der Waals surface area (Å²) in [7, 11) is -3.42. The first-order chi connectivity index (χ1) is 8.95. The smallest absolute Gasteiger partial charge is 0.243 e. The van der Waals surface area contributed by atoms with Gasteiger partial charge in [0.15, 0.2) is 0 Å². The maximum atomic E-state index is 12.7. The van der Waals surface area contributed by atoms with E-state index in [0.29, 0.717) is 23.9 Å². The maximum absolute atomic E-state index is 12.7. The third kappa shape index (κ3) is 2.99. The Kier molecular flexibility index (Phi) is 4.28. The van der Waals surface area contributed by atoms with Crippen LogP contribution < -0.4 is 5.73 Å². The number of aryl methyl sites for hydroxylation is 1. The van der Waals surface area contributed by atoms with Gasteiger partial charge in [0.25, 0.3) is 0 Å². The van der Waals surface area contributed by atoms with Crippen molar-refractivity contribution in [2.24, 2.45) is 11.7 Å². The molecular formula is C14H22N2O2S. The van der Waals surface area contributed by atoms with E-state index in [9.17, 15) is 8.42 Å². The topological polar surface area (TPSA) is 63.4 Å². The Morgan fingerprint density at radius 3 is 2.79 bits per heavy atom. The molecule has 0 saturated carbocycles. The zero-order valence-corrected chi connectivity index (χ0v) is 12.4. The Morgan fingerprint density at radius 2 is 2.16 bits per heavy atom. The minimum absolute atomic E-state index is 0.0748. The second-order valence-electron chi connectivity index (χ2n) is 5.45. The third-order valence-electron chi connectivity index (χ3n) is 3.79. The molecule has 0 radical (unpaired) electrons. The lowest BCUT2D eigenvalue weighted by Crippen LogP contribution is -2.49. The summed E-state index contributed by atoms with van der Waals surface area (Å²) in [6.07, 6.45) is 1.75. The molecule has 1 aromatic rings. The van der Waals surface area contributed by atoms with E-state index in [-0.39, 0.29) is 6.04 Å². The summed E-state index contributed by atoms with van der Waals surface area (Å²) in [5.74, 6) is 0.539. The molecule has 2 N–H and O–H groups in total. The van der Waals surface area contributed by atoms with E-state index in [2.05, 4.69) is 6.92 Å². The van der Waals surface area contributed by atoms with Crippen molar-refractivity contribution in [3.8, 4) is 0 Å². The molecule has 1 aromatic carbocycles. The Labute approximate surface area is 115 Å². The molecule has 1 heterocycles. The molecule has 0 bridgehead atoms. The van der Waals surface area contributed by atoms with Gasteiger partial charge >= 0.3 is 0 Å². The first kappa shape index (κ1) is 14.5. The number of nitrogens with zero attached hydrogens (tertiary/aromatic N) is 1. The largest absolute Gasteiger partial charge is 0.329 e. The molecular weight excluding hydrogens is 260 g/mol. The van der Waals surface area contributed by atoms with E-state index < -0.39 is 10.0 Å². The molecule has 2 unspecified atom stereocenters. The van der Waals surface area contributed by atoms with Crippen LogP contribution >= 0.6 is 0 Å². The predicted octanol–water partition coefficient (Wildman–Crippen LogP) is 1.74. The highest BCUT2D eigenvalue weighted by Crippen LogP contribution is 2.28. The van der Waals surface area contributed by atoms with Gasteiger partial charge in [-0.25, -0.2) is 8.42 Å². The van der Waals surface area contributed by atoms with E-state index in [1.54, 1.807) is 22.5 Å². The van der Waals surface area contributed by atoms with Gasteiger partial charge in [-0.3, -0.25) is 0 Å². The second kappa shape index (κ2) is 5.61. The monoisotopic (exact) mass is 282 g/mol.